The highest BCUT2D eigenvalue weighted by molar-refractivity contribution is 7.80. The minimum Gasteiger partial charge on any atom is -0.393 e. The van der Waals surface area contributed by atoms with Gasteiger partial charge >= 0.3 is 0 Å². The fourth-order valence-electron chi connectivity index (χ4n) is 2.17. The van der Waals surface area contributed by atoms with Crippen molar-refractivity contribution in [3.8, 4) is 0 Å². The third-order valence-electron chi connectivity index (χ3n) is 3.40. The third kappa shape index (κ3) is 6.69. The summed E-state index contributed by atoms with van der Waals surface area (Å²) in [6, 6.07) is 7.44. The molecular formula is C16H25N3OS. The number of benzene rings is 1. The van der Waals surface area contributed by atoms with Gasteiger partial charge in [0.05, 0.1) is 4.99 Å². The number of thiocarbonyl (C=S) groups is 1. The summed E-state index contributed by atoms with van der Waals surface area (Å²) in [5.74, 6) is -0.0423. The highest BCUT2D eigenvalue weighted by atomic mass is 32.1. The number of rotatable bonds is 9. The van der Waals surface area contributed by atoms with Crippen molar-refractivity contribution in [3.63, 3.8) is 0 Å². The van der Waals surface area contributed by atoms with Crippen molar-refractivity contribution >= 4 is 23.1 Å². The van der Waals surface area contributed by atoms with E-state index in [0.29, 0.717) is 23.5 Å². The summed E-state index contributed by atoms with van der Waals surface area (Å²) in [7, 11) is 0. The van der Waals surface area contributed by atoms with Crippen LogP contribution < -0.4 is 11.1 Å². The van der Waals surface area contributed by atoms with Gasteiger partial charge in [0.1, 0.15) is 0 Å². The Kier molecular flexibility index (Phi) is 7.93. The molecule has 0 spiro atoms. The van der Waals surface area contributed by atoms with Crippen LogP contribution in [0.1, 0.15) is 36.2 Å². The van der Waals surface area contributed by atoms with Crippen molar-refractivity contribution in [2.24, 2.45) is 5.73 Å². The van der Waals surface area contributed by atoms with E-state index in [9.17, 15) is 4.79 Å². The summed E-state index contributed by atoms with van der Waals surface area (Å²) >= 11 is 4.89. The molecule has 0 aliphatic rings. The summed E-state index contributed by atoms with van der Waals surface area (Å²) in [5, 5.41) is 2.95. The van der Waals surface area contributed by atoms with Crippen LogP contribution in [0.4, 0.5) is 0 Å². The van der Waals surface area contributed by atoms with Gasteiger partial charge in [-0.2, -0.15) is 0 Å². The topological polar surface area (TPSA) is 58.4 Å². The van der Waals surface area contributed by atoms with Gasteiger partial charge in [-0.1, -0.05) is 38.2 Å². The number of nitrogens with zero attached hydrogens (tertiary/aromatic N) is 1. The molecule has 0 fully saturated rings. The van der Waals surface area contributed by atoms with Gasteiger partial charge in [0.25, 0.3) is 5.91 Å². The lowest BCUT2D eigenvalue weighted by atomic mass is 10.1. The molecule has 0 unspecified atom stereocenters. The number of nitrogens with two attached hydrogens (primary N) is 1. The normalized spacial score (nSPS) is 10.6. The molecule has 1 aromatic carbocycles. The zero-order valence-electron chi connectivity index (χ0n) is 12.9. The van der Waals surface area contributed by atoms with E-state index in [1.807, 2.05) is 24.3 Å². The number of amides is 1. The zero-order valence-corrected chi connectivity index (χ0v) is 13.7. The van der Waals surface area contributed by atoms with E-state index in [1.165, 1.54) is 0 Å². The molecule has 1 aromatic rings. The van der Waals surface area contributed by atoms with Crippen LogP contribution in [0.15, 0.2) is 24.3 Å². The fourth-order valence-corrected chi connectivity index (χ4v) is 2.34. The summed E-state index contributed by atoms with van der Waals surface area (Å²) in [5.41, 5.74) is 7.16. The molecule has 3 N–H and O–H groups in total. The molecule has 1 rings (SSSR count). The first-order chi connectivity index (χ1) is 10.1. The third-order valence-corrected chi connectivity index (χ3v) is 3.54. The average Bonchev–Trinajstić information content (AvgIpc) is 2.47. The van der Waals surface area contributed by atoms with E-state index in [4.69, 9.17) is 18.0 Å². The second kappa shape index (κ2) is 9.47. The zero-order chi connectivity index (χ0) is 15.7. The maximum Gasteiger partial charge on any atom is 0.251 e. The fraction of sp³-hybridized carbons (Fsp3) is 0.500. The molecule has 116 valence electrons. The molecular weight excluding hydrogens is 282 g/mol. The lowest BCUT2D eigenvalue weighted by Crippen LogP contribution is -2.30. The van der Waals surface area contributed by atoms with Gasteiger partial charge in [-0.25, -0.2) is 0 Å². The lowest BCUT2D eigenvalue weighted by Gasteiger charge is -2.17. The van der Waals surface area contributed by atoms with Gasteiger partial charge in [-0.3, -0.25) is 4.79 Å². The highest BCUT2D eigenvalue weighted by Crippen LogP contribution is 2.06. The summed E-state index contributed by atoms with van der Waals surface area (Å²) < 4.78 is 0. The SMILES string of the molecule is CCN(CC)CCCNC(=O)c1cccc(CC(N)=S)c1. The Hall–Kier alpha value is -1.46. The first-order valence-electron chi connectivity index (χ1n) is 7.44. The molecule has 0 radical (unpaired) electrons. The number of carbonyl (C=O) groups excluding carboxylic acids is 1. The van der Waals surface area contributed by atoms with Crippen molar-refractivity contribution in [2.75, 3.05) is 26.2 Å². The molecule has 0 atom stereocenters. The summed E-state index contributed by atoms with van der Waals surface area (Å²) in [4.78, 5) is 14.9. The molecule has 0 saturated heterocycles. The molecule has 0 aromatic heterocycles. The second-order valence-corrected chi connectivity index (χ2v) is 5.50. The van der Waals surface area contributed by atoms with Crippen LogP contribution in [0.25, 0.3) is 0 Å². The minimum absolute atomic E-state index is 0.0423. The Labute approximate surface area is 132 Å². The summed E-state index contributed by atoms with van der Waals surface area (Å²) in [6.45, 7) is 8.09. The highest BCUT2D eigenvalue weighted by Gasteiger charge is 2.06. The van der Waals surface area contributed by atoms with Crippen LogP contribution in [0.3, 0.4) is 0 Å². The molecule has 0 saturated carbocycles. The first kappa shape index (κ1) is 17.6. The predicted octanol–water partition coefficient (Wildman–Crippen LogP) is 1.98. The number of nitrogens with one attached hydrogen (secondary N) is 1. The molecule has 1 amide bonds. The Morgan fingerprint density at radius 1 is 1.33 bits per heavy atom. The largest absolute Gasteiger partial charge is 0.393 e. The van der Waals surface area contributed by atoms with Crippen LogP contribution in [-0.2, 0) is 6.42 Å². The molecule has 0 aliphatic carbocycles. The average molecular weight is 307 g/mol. The minimum atomic E-state index is -0.0423. The molecule has 0 aliphatic heterocycles. The van der Waals surface area contributed by atoms with E-state index in [-0.39, 0.29) is 5.91 Å². The number of carbonyl (C=O) groups is 1. The van der Waals surface area contributed by atoms with Gasteiger partial charge in [-0.15, -0.1) is 0 Å². The maximum absolute atomic E-state index is 12.1. The second-order valence-electron chi connectivity index (χ2n) is 4.98. The Balaban J connectivity index is 2.43. The Bertz CT molecular complexity index is 472. The maximum atomic E-state index is 12.1. The number of hydrogen-bond donors (Lipinski definition) is 2. The van der Waals surface area contributed by atoms with Gasteiger partial charge in [0, 0.05) is 18.5 Å². The van der Waals surface area contributed by atoms with Gasteiger partial charge < -0.3 is 16.0 Å². The van der Waals surface area contributed by atoms with Crippen LogP contribution in [0.5, 0.6) is 0 Å². The first-order valence-corrected chi connectivity index (χ1v) is 7.85. The van der Waals surface area contributed by atoms with Crippen molar-refractivity contribution in [1.29, 1.82) is 0 Å². The number of hydrogen-bond acceptors (Lipinski definition) is 3. The Morgan fingerprint density at radius 3 is 2.67 bits per heavy atom. The van der Waals surface area contributed by atoms with Crippen LogP contribution in [0.2, 0.25) is 0 Å². The Morgan fingerprint density at radius 2 is 2.05 bits per heavy atom. The predicted molar refractivity (Wildman–Crippen MR) is 91.7 cm³/mol. The van der Waals surface area contributed by atoms with Gasteiger partial charge in [0.2, 0.25) is 0 Å². The smallest absolute Gasteiger partial charge is 0.251 e. The van der Waals surface area contributed by atoms with Gasteiger partial charge in [-0.05, 0) is 43.8 Å². The molecule has 0 heterocycles. The van der Waals surface area contributed by atoms with E-state index >= 15 is 0 Å². The quantitative estimate of drug-likeness (QED) is 0.541. The van der Waals surface area contributed by atoms with E-state index in [1.54, 1.807) is 0 Å². The van der Waals surface area contributed by atoms with E-state index in [2.05, 4.69) is 24.1 Å². The van der Waals surface area contributed by atoms with Crippen LogP contribution in [0, 0.1) is 0 Å². The van der Waals surface area contributed by atoms with E-state index in [0.717, 1.165) is 31.6 Å². The van der Waals surface area contributed by atoms with E-state index < -0.39 is 0 Å². The lowest BCUT2D eigenvalue weighted by molar-refractivity contribution is 0.0951. The van der Waals surface area contributed by atoms with Crippen LogP contribution in [-0.4, -0.2) is 42.0 Å². The molecule has 21 heavy (non-hydrogen) atoms. The summed E-state index contributed by atoms with van der Waals surface area (Å²) in [6.07, 6.45) is 1.48. The van der Waals surface area contributed by atoms with Gasteiger partial charge in [0.15, 0.2) is 0 Å². The molecule has 4 nitrogen and oxygen atoms in total. The standard InChI is InChI=1S/C16H25N3OS/c1-3-19(4-2)10-6-9-18-16(20)14-8-5-7-13(11-14)12-15(17)21/h5,7-8,11H,3-4,6,9-10,12H2,1-2H3,(H2,17,21)(H,18,20). The van der Waals surface area contributed by atoms with Crippen molar-refractivity contribution < 1.29 is 4.79 Å². The van der Waals surface area contributed by atoms with Crippen molar-refractivity contribution in [2.45, 2.75) is 26.7 Å². The molecule has 0 bridgehead atoms. The monoisotopic (exact) mass is 307 g/mol. The van der Waals surface area contributed by atoms with Crippen molar-refractivity contribution in [1.82, 2.24) is 10.2 Å². The van der Waals surface area contributed by atoms with Crippen molar-refractivity contribution in [3.05, 3.63) is 35.4 Å². The molecule has 5 heteroatoms. The van der Waals surface area contributed by atoms with Crippen LogP contribution >= 0.6 is 12.2 Å².